The summed E-state index contributed by atoms with van der Waals surface area (Å²) < 4.78 is 6.91. The lowest BCUT2D eigenvalue weighted by Crippen LogP contribution is -2.14. The highest BCUT2D eigenvalue weighted by Crippen LogP contribution is 2.30. The quantitative estimate of drug-likeness (QED) is 0.813. The van der Waals surface area contributed by atoms with Gasteiger partial charge in [0.05, 0.1) is 10.8 Å². The number of rotatable bonds is 6. The largest absolute Gasteiger partial charge is 0.494 e. The molecule has 1 aromatic carbocycles. The molecule has 1 heterocycles. The molecule has 2 N–H and O–H groups in total. The van der Waals surface area contributed by atoms with E-state index in [2.05, 4.69) is 17.5 Å². The third kappa shape index (κ3) is 3.51. The molecule has 0 spiro atoms. The summed E-state index contributed by atoms with van der Waals surface area (Å²) >= 11 is 3.55. The van der Waals surface area contributed by atoms with Crippen molar-refractivity contribution in [3.05, 3.63) is 47.3 Å². The van der Waals surface area contributed by atoms with E-state index in [1.165, 1.54) is 4.21 Å². The van der Waals surface area contributed by atoms with E-state index in [0.717, 1.165) is 17.1 Å². The highest BCUT2D eigenvalue weighted by atomic mass is 32.2. The summed E-state index contributed by atoms with van der Waals surface area (Å²) in [5.41, 5.74) is 7.33. The average Bonchev–Trinajstić information content (AvgIpc) is 2.90. The van der Waals surface area contributed by atoms with Crippen LogP contribution in [0, 0.1) is 0 Å². The standard InChI is InChI=1S/C14H17NOS2/c1-2-16-13-7-4-3-6-11(13)12(15)10-18-14-8-5-9-17-14/h3-9,12H,2,10,15H2,1H3. The fourth-order valence-electron chi connectivity index (χ4n) is 1.68. The first-order valence-electron chi connectivity index (χ1n) is 5.95. The summed E-state index contributed by atoms with van der Waals surface area (Å²) in [5.74, 6) is 1.77. The Morgan fingerprint density at radius 3 is 2.83 bits per heavy atom. The minimum atomic E-state index is -0.000139. The number of benzene rings is 1. The molecule has 4 heteroatoms. The monoisotopic (exact) mass is 279 g/mol. The van der Waals surface area contributed by atoms with Gasteiger partial charge in [0, 0.05) is 17.4 Å². The van der Waals surface area contributed by atoms with Crippen LogP contribution in [0.5, 0.6) is 5.75 Å². The Labute approximate surface area is 116 Å². The summed E-state index contributed by atoms with van der Waals surface area (Å²) in [6.07, 6.45) is 0. The Morgan fingerprint density at radius 1 is 1.28 bits per heavy atom. The minimum Gasteiger partial charge on any atom is -0.494 e. The lowest BCUT2D eigenvalue weighted by atomic mass is 10.1. The van der Waals surface area contributed by atoms with Crippen LogP contribution in [0.3, 0.4) is 0 Å². The Hall–Kier alpha value is -0.970. The predicted molar refractivity (Wildman–Crippen MR) is 79.6 cm³/mol. The number of nitrogens with two attached hydrogens (primary N) is 1. The molecule has 18 heavy (non-hydrogen) atoms. The van der Waals surface area contributed by atoms with E-state index in [1.807, 2.05) is 31.2 Å². The van der Waals surface area contributed by atoms with Crippen molar-refractivity contribution < 1.29 is 4.74 Å². The third-order valence-corrected chi connectivity index (χ3v) is 4.77. The summed E-state index contributed by atoms with van der Waals surface area (Å²) in [4.78, 5) is 0. The molecule has 0 saturated carbocycles. The number of ether oxygens (including phenoxy) is 1. The first-order valence-corrected chi connectivity index (χ1v) is 7.81. The van der Waals surface area contributed by atoms with Gasteiger partial charge in [-0.25, -0.2) is 0 Å². The van der Waals surface area contributed by atoms with E-state index in [-0.39, 0.29) is 6.04 Å². The normalized spacial score (nSPS) is 12.3. The highest BCUT2D eigenvalue weighted by Gasteiger charge is 2.12. The van der Waals surface area contributed by atoms with Crippen LogP contribution >= 0.6 is 23.1 Å². The Bertz CT molecular complexity index is 470. The van der Waals surface area contributed by atoms with Crippen molar-refractivity contribution in [2.24, 2.45) is 5.73 Å². The van der Waals surface area contributed by atoms with Crippen molar-refractivity contribution in [1.29, 1.82) is 0 Å². The van der Waals surface area contributed by atoms with Gasteiger partial charge < -0.3 is 10.5 Å². The van der Waals surface area contributed by atoms with E-state index >= 15 is 0 Å². The third-order valence-electron chi connectivity index (χ3n) is 2.52. The number of thiophene rings is 1. The molecule has 0 aliphatic heterocycles. The van der Waals surface area contributed by atoms with E-state index in [4.69, 9.17) is 10.5 Å². The predicted octanol–water partition coefficient (Wildman–Crippen LogP) is 3.94. The maximum Gasteiger partial charge on any atom is 0.124 e. The van der Waals surface area contributed by atoms with Crippen molar-refractivity contribution in [1.82, 2.24) is 0 Å². The fourth-order valence-corrected chi connectivity index (χ4v) is 3.47. The van der Waals surface area contributed by atoms with Gasteiger partial charge in [-0.05, 0) is 24.4 Å². The summed E-state index contributed by atoms with van der Waals surface area (Å²) in [7, 11) is 0. The molecule has 2 aromatic rings. The van der Waals surface area contributed by atoms with Crippen LogP contribution < -0.4 is 10.5 Å². The summed E-state index contributed by atoms with van der Waals surface area (Å²) in [6, 6.07) is 12.2. The second kappa shape index (κ2) is 6.83. The number of thioether (sulfide) groups is 1. The molecule has 0 bridgehead atoms. The van der Waals surface area contributed by atoms with Gasteiger partial charge in [0.1, 0.15) is 5.75 Å². The molecule has 2 nitrogen and oxygen atoms in total. The molecular formula is C14H17NOS2. The number of para-hydroxylation sites is 1. The van der Waals surface area contributed by atoms with Gasteiger partial charge in [-0.2, -0.15) is 0 Å². The van der Waals surface area contributed by atoms with Gasteiger partial charge in [-0.3, -0.25) is 0 Å². The first-order chi connectivity index (χ1) is 8.81. The van der Waals surface area contributed by atoms with Gasteiger partial charge >= 0.3 is 0 Å². The van der Waals surface area contributed by atoms with Crippen LogP contribution in [-0.4, -0.2) is 12.4 Å². The smallest absolute Gasteiger partial charge is 0.124 e. The number of hydrogen-bond donors (Lipinski definition) is 1. The van der Waals surface area contributed by atoms with Gasteiger partial charge in [0.2, 0.25) is 0 Å². The lowest BCUT2D eigenvalue weighted by Gasteiger charge is -2.15. The first kappa shape index (κ1) is 13.5. The van der Waals surface area contributed by atoms with E-state index < -0.39 is 0 Å². The molecule has 0 aliphatic rings. The lowest BCUT2D eigenvalue weighted by molar-refractivity contribution is 0.335. The minimum absolute atomic E-state index is 0.000139. The van der Waals surface area contributed by atoms with Gasteiger partial charge in [-0.1, -0.05) is 24.3 Å². The Morgan fingerprint density at radius 2 is 2.11 bits per heavy atom. The average molecular weight is 279 g/mol. The molecule has 1 unspecified atom stereocenters. The van der Waals surface area contributed by atoms with E-state index in [1.54, 1.807) is 23.1 Å². The van der Waals surface area contributed by atoms with Crippen LogP contribution in [0.1, 0.15) is 18.5 Å². The van der Waals surface area contributed by atoms with Gasteiger partial charge in [-0.15, -0.1) is 23.1 Å². The van der Waals surface area contributed by atoms with Crippen molar-refractivity contribution in [3.8, 4) is 5.75 Å². The molecule has 96 valence electrons. The van der Waals surface area contributed by atoms with E-state index in [0.29, 0.717) is 6.61 Å². The highest BCUT2D eigenvalue weighted by molar-refractivity contribution is 8.01. The SMILES string of the molecule is CCOc1ccccc1C(N)CSc1cccs1. The van der Waals surface area contributed by atoms with Crippen LogP contribution in [0.25, 0.3) is 0 Å². The Balaban J connectivity index is 2.01. The van der Waals surface area contributed by atoms with Crippen molar-refractivity contribution in [2.45, 2.75) is 17.2 Å². The summed E-state index contributed by atoms with van der Waals surface area (Å²) in [5, 5.41) is 2.09. The maximum absolute atomic E-state index is 6.25. The summed E-state index contributed by atoms with van der Waals surface area (Å²) in [6.45, 7) is 2.66. The van der Waals surface area contributed by atoms with E-state index in [9.17, 15) is 0 Å². The zero-order valence-electron chi connectivity index (χ0n) is 10.3. The molecule has 1 aromatic heterocycles. The topological polar surface area (TPSA) is 35.2 Å². The second-order valence-electron chi connectivity index (χ2n) is 3.82. The second-order valence-corrected chi connectivity index (χ2v) is 6.09. The maximum atomic E-state index is 6.25. The molecule has 1 atom stereocenters. The van der Waals surface area contributed by atoms with Crippen molar-refractivity contribution in [3.63, 3.8) is 0 Å². The van der Waals surface area contributed by atoms with Crippen molar-refractivity contribution >= 4 is 23.1 Å². The van der Waals surface area contributed by atoms with Crippen molar-refractivity contribution in [2.75, 3.05) is 12.4 Å². The number of hydrogen-bond acceptors (Lipinski definition) is 4. The zero-order valence-corrected chi connectivity index (χ0v) is 12.0. The van der Waals surface area contributed by atoms with Gasteiger partial charge in [0.25, 0.3) is 0 Å². The van der Waals surface area contributed by atoms with Gasteiger partial charge in [0.15, 0.2) is 0 Å². The Kier molecular flexibility index (Phi) is 5.11. The molecule has 0 fully saturated rings. The molecule has 0 amide bonds. The molecule has 0 aliphatic carbocycles. The van der Waals surface area contributed by atoms with Crippen LogP contribution in [0.2, 0.25) is 0 Å². The van der Waals surface area contributed by atoms with Crippen LogP contribution in [0.4, 0.5) is 0 Å². The molecule has 0 saturated heterocycles. The van der Waals surface area contributed by atoms with Crippen LogP contribution in [0.15, 0.2) is 46.0 Å². The molecule has 0 radical (unpaired) electrons. The zero-order chi connectivity index (χ0) is 12.8. The molecular weight excluding hydrogens is 262 g/mol. The fraction of sp³-hybridized carbons (Fsp3) is 0.286. The molecule has 2 rings (SSSR count). The van der Waals surface area contributed by atoms with Crippen LogP contribution in [-0.2, 0) is 0 Å².